The molecule has 0 aromatic carbocycles. The van der Waals surface area contributed by atoms with Crippen molar-refractivity contribution in [2.24, 2.45) is 21.0 Å². The highest BCUT2D eigenvalue weighted by molar-refractivity contribution is 6.54. The van der Waals surface area contributed by atoms with Crippen LogP contribution in [0.2, 0.25) is 0 Å². The van der Waals surface area contributed by atoms with Crippen LogP contribution in [0.5, 0.6) is 0 Å². The minimum Gasteiger partial charge on any atom is -0.411 e. The molecule has 0 saturated heterocycles. The standard InChI is InChI=1S/C9H13N5O2/c10-4-1-5-11-6-2-3-7(12-15)9-8(6)13-16-14-9/h2-3,9,14-15H,1,4-5,10H2. The number of rotatable bonds is 3. The summed E-state index contributed by atoms with van der Waals surface area (Å²) in [5.74, 6) is 0. The second-order valence-corrected chi connectivity index (χ2v) is 3.39. The van der Waals surface area contributed by atoms with Crippen LogP contribution < -0.4 is 11.2 Å². The number of oxime groups is 2. The van der Waals surface area contributed by atoms with Gasteiger partial charge in [0.05, 0.1) is 5.71 Å². The van der Waals surface area contributed by atoms with Gasteiger partial charge in [-0.05, 0) is 25.1 Å². The fourth-order valence-electron chi connectivity index (χ4n) is 1.49. The molecule has 2 aliphatic rings. The Kier molecular flexibility index (Phi) is 3.28. The molecule has 2 rings (SSSR count). The van der Waals surface area contributed by atoms with Crippen molar-refractivity contribution in [3.05, 3.63) is 12.2 Å². The topological polar surface area (TPSA) is 105 Å². The van der Waals surface area contributed by atoms with Crippen molar-refractivity contribution in [3.8, 4) is 0 Å². The van der Waals surface area contributed by atoms with E-state index in [0.29, 0.717) is 24.5 Å². The number of hydroxylamine groups is 1. The fraction of sp³-hybridized carbons (Fsp3) is 0.444. The van der Waals surface area contributed by atoms with E-state index in [2.05, 4.69) is 20.8 Å². The number of hydrogen-bond donors (Lipinski definition) is 3. The summed E-state index contributed by atoms with van der Waals surface area (Å²) in [5.41, 5.74) is 9.83. The molecule has 0 saturated carbocycles. The summed E-state index contributed by atoms with van der Waals surface area (Å²) in [6, 6.07) is -0.341. The number of fused-ring (bicyclic) bond motifs is 1. The minimum atomic E-state index is -0.341. The van der Waals surface area contributed by atoms with Crippen molar-refractivity contribution in [1.29, 1.82) is 0 Å². The maximum absolute atomic E-state index is 8.77. The molecule has 0 spiro atoms. The Morgan fingerprint density at radius 3 is 3.19 bits per heavy atom. The predicted molar refractivity (Wildman–Crippen MR) is 59.8 cm³/mol. The molecule has 16 heavy (non-hydrogen) atoms. The highest BCUT2D eigenvalue weighted by Crippen LogP contribution is 2.11. The van der Waals surface area contributed by atoms with E-state index >= 15 is 0 Å². The smallest absolute Gasteiger partial charge is 0.138 e. The molecule has 0 radical (unpaired) electrons. The van der Waals surface area contributed by atoms with Crippen LogP contribution in [0.3, 0.4) is 0 Å². The summed E-state index contributed by atoms with van der Waals surface area (Å²) in [6.07, 6.45) is 4.24. The van der Waals surface area contributed by atoms with Crippen molar-refractivity contribution in [3.63, 3.8) is 0 Å². The zero-order valence-corrected chi connectivity index (χ0v) is 8.63. The first-order valence-electron chi connectivity index (χ1n) is 5.01. The zero-order valence-electron chi connectivity index (χ0n) is 8.63. The molecule has 7 nitrogen and oxygen atoms in total. The number of nitrogens with one attached hydrogen (secondary N) is 1. The van der Waals surface area contributed by atoms with Gasteiger partial charge in [-0.2, -0.15) is 0 Å². The van der Waals surface area contributed by atoms with Crippen LogP contribution >= 0.6 is 0 Å². The first kappa shape index (κ1) is 10.8. The lowest BCUT2D eigenvalue weighted by atomic mass is 9.96. The Labute approximate surface area is 92.3 Å². The molecule has 1 heterocycles. The lowest BCUT2D eigenvalue weighted by Gasteiger charge is -2.14. The van der Waals surface area contributed by atoms with E-state index in [0.717, 1.165) is 12.1 Å². The van der Waals surface area contributed by atoms with Crippen LogP contribution in [0.1, 0.15) is 6.42 Å². The summed E-state index contributed by atoms with van der Waals surface area (Å²) in [6.45, 7) is 1.25. The third-order valence-electron chi connectivity index (χ3n) is 2.32. The average molecular weight is 223 g/mol. The summed E-state index contributed by atoms with van der Waals surface area (Å²) >= 11 is 0. The van der Waals surface area contributed by atoms with Crippen LogP contribution in [-0.4, -0.2) is 41.5 Å². The van der Waals surface area contributed by atoms with Gasteiger partial charge < -0.3 is 10.9 Å². The van der Waals surface area contributed by atoms with Gasteiger partial charge in [0.2, 0.25) is 0 Å². The van der Waals surface area contributed by atoms with E-state index in [-0.39, 0.29) is 6.04 Å². The first-order valence-corrected chi connectivity index (χ1v) is 5.01. The van der Waals surface area contributed by atoms with E-state index < -0.39 is 0 Å². The predicted octanol–water partition coefficient (Wildman–Crippen LogP) is -0.564. The molecule has 0 aromatic heterocycles. The highest BCUT2D eigenvalue weighted by atomic mass is 16.8. The summed E-state index contributed by atoms with van der Waals surface area (Å²) in [7, 11) is 0. The Balaban J connectivity index is 2.19. The Morgan fingerprint density at radius 1 is 1.56 bits per heavy atom. The molecule has 0 fully saturated rings. The molecule has 7 heteroatoms. The lowest BCUT2D eigenvalue weighted by molar-refractivity contribution is 0.0695. The third kappa shape index (κ3) is 1.95. The van der Waals surface area contributed by atoms with E-state index in [4.69, 9.17) is 15.9 Å². The monoisotopic (exact) mass is 223 g/mol. The number of nitrogens with zero attached hydrogens (tertiary/aromatic N) is 3. The molecule has 1 aliphatic carbocycles. The minimum absolute atomic E-state index is 0.341. The van der Waals surface area contributed by atoms with E-state index in [9.17, 15) is 0 Å². The van der Waals surface area contributed by atoms with Crippen LogP contribution in [0.4, 0.5) is 0 Å². The van der Waals surface area contributed by atoms with Crippen molar-refractivity contribution < 1.29 is 10.1 Å². The molecule has 1 aliphatic heterocycles. The molecule has 4 N–H and O–H groups in total. The van der Waals surface area contributed by atoms with Gasteiger partial charge in [-0.3, -0.25) is 9.93 Å². The van der Waals surface area contributed by atoms with Crippen LogP contribution in [0, 0.1) is 0 Å². The maximum atomic E-state index is 8.77. The average Bonchev–Trinajstić information content (AvgIpc) is 2.79. The van der Waals surface area contributed by atoms with Gasteiger partial charge >= 0.3 is 0 Å². The van der Waals surface area contributed by atoms with E-state index in [1.807, 2.05) is 0 Å². The SMILES string of the molecule is NCCCN=C1C=CC(=NO)C2NON=C12. The largest absolute Gasteiger partial charge is 0.411 e. The van der Waals surface area contributed by atoms with Gasteiger partial charge in [0.25, 0.3) is 0 Å². The summed E-state index contributed by atoms with van der Waals surface area (Å²) < 4.78 is 0. The van der Waals surface area contributed by atoms with Crippen LogP contribution in [0.15, 0.2) is 27.5 Å². The van der Waals surface area contributed by atoms with Crippen LogP contribution in [0.25, 0.3) is 0 Å². The van der Waals surface area contributed by atoms with Gasteiger partial charge in [-0.1, -0.05) is 10.3 Å². The van der Waals surface area contributed by atoms with Gasteiger partial charge in [-0.25, -0.2) is 0 Å². The Bertz CT molecular complexity index is 385. The first-order chi connectivity index (χ1) is 7.86. The number of hydrogen-bond acceptors (Lipinski definition) is 7. The van der Waals surface area contributed by atoms with Gasteiger partial charge in [0, 0.05) is 6.54 Å². The summed E-state index contributed by atoms with van der Waals surface area (Å²) in [5, 5.41) is 15.7. The quantitative estimate of drug-likeness (QED) is 0.338. The second kappa shape index (κ2) is 4.86. The number of aliphatic imine (C=N–C) groups is 1. The normalized spacial score (nSPS) is 28.1. The Morgan fingerprint density at radius 2 is 2.44 bits per heavy atom. The van der Waals surface area contributed by atoms with Crippen molar-refractivity contribution >= 4 is 17.1 Å². The fourth-order valence-corrected chi connectivity index (χ4v) is 1.49. The molecule has 0 aromatic rings. The molecule has 0 bridgehead atoms. The molecular weight excluding hydrogens is 210 g/mol. The Hall–Kier alpha value is -1.73. The summed E-state index contributed by atoms with van der Waals surface area (Å²) in [4.78, 5) is 9.11. The van der Waals surface area contributed by atoms with Crippen molar-refractivity contribution in [2.75, 3.05) is 13.1 Å². The van der Waals surface area contributed by atoms with E-state index in [1.165, 1.54) is 0 Å². The van der Waals surface area contributed by atoms with Crippen molar-refractivity contribution in [1.82, 2.24) is 5.48 Å². The molecule has 1 unspecified atom stereocenters. The molecule has 0 amide bonds. The number of nitrogens with two attached hydrogens (primary N) is 1. The second-order valence-electron chi connectivity index (χ2n) is 3.39. The van der Waals surface area contributed by atoms with Gasteiger partial charge in [0.15, 0.2) is 0 Å². The van der Waals surface area contributed by atoms with Crippen molar-refractivity contribution in [2.45, 2.75) is 12.5 Å². The van der Waals surface area contributed by atoms with Gasteiger partial charge in [0.1, 0.15) is 17.5 Å². The molecular formula is C9H13N5O2. The number of allylic oxidation sites excluding steroid dienone is 1. The highest BCUT2D eigenvalue weighted by Gasteiger charge is 2.33. The maximum Gasteiger partial charge on any atom is 0.138 e. The molecule has 1 atom stereocenters. The zero-order chi connectivity index (χ0) is 11.4. The van der Waals surface area contributed by atoms with Crippen LogP contribution in [-0.2, 0) is 4.94 Å². The lowest BCUT2D eigenvalue weighted by Crippen LogP contribution is -2.42. The van der Waals surface area contributed by atoms with Gasteiger partial charge in [-0.15, -0.1) is 5.48 Å². The van der Waals surface area contributed by atoms with E-state index in [1.54, 1.807) is 12.2 Å². The molecule has 86 valence electrons. The third-order valence-corrected chi connectivity index (χ3v) is 2.32.